The first-order valence-electron chi connectivity index (χ1n) is 14.7. The maximum absolute atomic E-state index is 12.7. The molecule has 3 N–H and O–H groups in total. The molecule has 0 unspecified atom stereocenters. The van der Waals surface area contributed by atoms with Gasteiger partial charge in [-0.05, 0) is 28.8 Å². The highest BCUT2D eigenvalue weighted by molar-refractivity contribution is 5.83. The second-order valence-electron chi connectivity index (χ2n) is 10.6. The van der Waals surface area contributed by atoms with Gasteiger partial charge in [0, 0.05) is 6.42 Å². The molecular weight excluding hydrogens is 590 g/mol. The zero-order valence-electron chi connectivity index (χ0n) is 25.0. The second kappa shape index (κ2) is 13.4. The number of amides is 1. The number of carbonyl (C=O) groups excluding carboxylic acids is 1. The van der Waals surface area contributed by atoms with E-state index in [2.05, 4.69) is 26.8 Å². The van der Waals surface area contributed by atoms with Gasteiger partial charge in [-0.1, -0.05) is 85.5 Å². The molecule has 0 saturated carbocycles. The number of nitrogens with one attached hydrogen (secondary N) is 2. The molecule has 5 aromatic rings. The van der Waals surface area contributed by atoms with E-state index in [0.29, 0.717) is 5.75 Å². The third-order valence-electron chi connectivity index (χ3n) is 7.82. The van der Waals surface area contributed by atoms with Gasteiger partial charge in [-0.2, -0.15) is 4.98 Å². The number of imidazole rings is 1. The van der Waals surface area contributed by atoms with E-state index < -0.39 is 35.7 Å². The standard InChI is InChI=1S/C34H33N5O7/c1-3-18-44-33(42)38-32-36-30-29(31(41)37-32)35-21-39(30)28-19-26(40)27(46-28)20-45-34(22-10-6-4-7-11-22,23-12-8-5-9-13-23)24-14-16-25(43-2)17-15-24/h3-17,21,26-28,40H,1,18-20H2,2H3,(H2,36,37,38,41,42)/t26-,27+,28+/m0/s1. The van der Waals surface area contributed by atoms with Crippen LogP contribution in [0.5, 0.6) is 5.75 Å². The number of aliphatic hydroxyl groups excluding tert-OH is 1. The normalized spacial score (nSPS) is 17.9. The predicted octanol–water partition coefficient (Wildman–Crippen LogP) is 4.52. The number of aromatic nitrogens is 4. The molecule has 0 bridgehead atoms. The monoisotopic (exact) mass is 623 g/mol. The van der Waals surface area contributed by atoms with Crippen LogP contribution in [-0.2, 0) is 19.8 Å². The molecule has 0 spiro atoms. The van der Waals surface area contributed by atoms with E-state index in [9.17, 15) is 14.7 Å². The van der Waals surface area contributed by atoms with Crippen molar-refractivity contribution in [3.05, 3.63) is 131 Å². The van der Waals surface area contributed by atoms with Crippen LogP contribution in [0.25, 0.3) is 11.2 Å². The van der Waals surface area contributed by atoms with Crippen LogP contribution in [0.2, 0.25) is 0 Å². The third-order valence-corrected chi connectivity index (χ3v) is 7.82. The van der Waals surface area contributed by atoms with Gasteiger partial charge in [-0.15, -0.1) is 0 Å². The molecule has 3 heterocycles. The number of ether oxygens (including phenoxy) is 4. The first-order chi connectivity index (χ1) is 22.4. The molecule has 2 aromatic heterocycles. The molecule has 6 rings (SSSR count). The van der Waals surface area contributed by atoms with E-state index in [0.717, 1.165) is 16.7 Å². The molecule has 1 fully saturated rings. The Hall–Kier alpha value is -5.30. The lowest BCUT2D eigenvalue weighted by Crippen LogP contribution is -2.38. The number of carbonyl (C=O) groups is 1. The number of hydrogen-bond donors (Lipinski definition) is 3. The van der Waals surface area contributed by atoms with Crippen molar-refractivity contribution in [2.24, 2.45) is 0 Å². The Morgan fingerprint density at radius 2 is 1.74 bits per heavy atom. The second-order valence-corrected chi connectivity index (χ2v) is 10.6. The molecule has 12 heteroatoms. The van der Waals surface area contributed by atoms with E-state index in [-0.39, 0.29) is 36.7 Å². The molecular formula is C34H33N5O7. The molecule has 3 aromatic carbocycles. The molecule has 1 saturated heterocycles. The minimum Gasteiger partial charge on any atom is -0.497 e. The SMILES string of the molecule is C=CCOC(=O)Nc1nc2c(ncn2[C@H]2C[C@H](O)[C@@H](COC(c3ccccc3)(c3ccccc3)c3ccc(OC)cc3)O2)c(=O)[nH]1. The van der Waals surface area contributed by atoms with Crippen LogP contribution in [0.4, 0.5) is 10.7 Å². The van der Waals surface area contributed by atoms with Gasteiger partial charge in [0.05, 0.1) is 26.1 Å². The van der Waals surface area contributed by atoms with Gasteiger partial charge in [-0.3, -0.25) is 19.7 Å². The van der Waals surface area contributed by atoms with Crippen LogP contribution in [0.15, 0.2) is 109 Å². The Morgan fingerprint density at radius 1 is 1.09 bits per heavy atom. The highest BCUT2D eigenvalue weighted by Crippen LogP contribution is 2.42. The van der Waals surface area contributed by atoms with Gasteiger partial charge in [-0.25, -0.2) is 9.78 Å². The quantitative estimate of drug-likeness (QED) is 0.143. The fraction of sp³-hybridized carbons (Fsp3) is 0.235. The summed E-state index contributed by atoms with van der Waals surface area (Å²) in [6.45, 7) is 3.51. The third kappa shape index (κ3) is 6.01. The summed E-state index contributed by atoms with van der Waals surface area (Å²) in [5.41, 5.74) is 1.27. The van der Waals surface area contributed by atoms with Crippen LogP contribution in [0.1, 0.15) is 29.3 Å². The number of H-pyrrole nitrogens is 1. The molecule has 1 aliphatic heterocycles. The first kappa shape index (κ1) is 30.7. The van der Waals surface area contributed by atoms with Crippen molar-refractivity contribution >= 4 is 23.2 Å². The lowest BCUT2D eigenvalue weighted by atomic mass is 9.80. The van der Waals surface area contributed by atoms with Crippen LogP contribution in [0.3, 0.4) is 0 Å². The van der Waals surface area contributed by atoms with Crippen molar-refractivity contribution in [1.82, 2.24) is 19.5 Å². The average Bonchev–Trinajstić information content (AvgIpc) is 3.68. The van der Waals surface area contributed by atoms with Crippen molar-refractivity contribution < 1.29 is 28.8 Å². The molecule has 1 amide bonds. The number of aromatic amines is 1. The van der Waals surface area contributed by atoms with Crippen molar-refractivity contribution in [2.75, 3.05) is 25.6 Å². The molecule has 46 heavy (non-hydrogen) atoms. The minimum absolute atomic E-state index is 0.0121. The number of hydrogen-bond acceptors (Lipinski definition) is 9. The van der Waals surface area contributed by atoms with Gasteiger partial charge in [0.2, 0.25) is 5.95 Å². The van der Waals surface area contributed by atoms with Gasteiger partial charge in [0.25, 0.3) is 5.56 Å². The van der Waals surface area contributed by atoms with Crippen molar-refractivity contribution in [3.63, 3.8) is 0 Å². The average molecular weight is 624 g/mol. The Bertz CT molecular complexity index is 1820. The summed E-state index contributed by atoms with van der Waals surface area (Å²) in [4.78, 5) is 35.8. The summed E-state index contributed by atoms with van der Waals surface area (Å²) < 4.78 is 25.1. The van der Waals surface area contributed by atoms with Crippen molar-refractivity contribution in [3.8, 4) is 5.75 Å². The zero-order valence-corrected chi connectivity index (χ0v) is 25.0. The summed E-state index contributed by atoms with van der Waals surface area (Å²) in [6.07, 6.45) is -0.148. The van der Waals surface area contributed by atoms with Crippen molar-refractivity contribution in [1.29, 1.82) is 0 Å². The van der Waals surface area contributed by atoms with E-state index >= 15 is 0 Å². The maximum Gasteiger partial charge on any atom is 0.414 e. The van der Waals surface area contributed by atoms with E-state index in [1.54, 1.807) is 11.7 Å². The Kier molecular flexibility index (Phi) is 8.92. The summed E-state index contributed by atoms with van der Waals surface area (Å²) in [6, 6.07) is 27.4. The topological polar surface area (TPSA) is 150 Å². The van der Waals surface area contributed by atoms with Gasteiger partial charge in [0.1, 0.15) is 30.3 Å². The van der Waals surface area contributed by atoms with Crippen molar-refractivity contribution in [2.45, 2.75) is 30.5 Å². The van der Waals surface area contributed by atoms with Crippen LogP contribution >= 0.6 is 0 Å². The number of fused-ring (bicyclic) bond motifs is 1. The number of anilines is 1. The molecule has 236 valence electrons. The van der Waals surface area contributed by atoms with Gasteiger partial charge >= 0.3 is 6.09 Å². The molecule has 12 nitrogen and oxygen atoms in total. The Balaban J connectivity index is 1.30. The summed E-state index contributed by atoms with van der Waals surface area (Å²) >= 11 is 0. The summed E-state index contributed by atoms with van der Waals surface area (Å²) in [5, 5.41) is 13.6. The zero-order chi connectivity index (χ0) is 32.1. The smallest absolute Gasteiger partial charge is 0.414 e. The Labute approximate surface area is 264 Å². The first-order valence-corrected chi connectivity index (χ1v) is 14.7. The van der Waals surface area contributed by atoms with Crippen LogP contribution in [0, 0.1) is 0 Å². The van der Waals surface area contributed by atoms with Gasteiger partial charge < -0.3 is 24.1 Å². The van der Waals surface area contributed by atoms with Crippen LogP contribution in [-0.4, -0.2) is 63.3 Å². The van der Waals surface area contributed by atoms with Crippen LogP contribution < -0.4 is 15.6 Å². The highest BCUT2D eigenvalue weighted by atomic mass is 16.6. The van der Waals surface area contributed by atoms with E-state index in [1.807, 2.05) is 84.9 Å². The summed E-state index contributed by atoms with van der Waals surface area (Å²) in [5.74, 6) is 0.588. The molecule has 1 aliphatic rings. The van der Waals surface area contributed by atoms with E-state index in [1.165, 1.54) is 12.4 Å². The minimum atomic E-state index is -1.05. The lowest BCUT2D eigenvalue weighted by Gasteiger charge is -2.37. The number of aliphatic hydroxyl groups is 1. The fourth-order valence-electron chi connectivity index (χ4n) is 5.63. The largest absolute Gasteiger partial charge is 0.497 e. The predicted molar refractivity (Wildman–Crippen MR) is 170 cm³/mol. The fourth-order valence-corrected chi connectivity index (χ4v) is 5.63. The molecule has 0 aliphatic carbocycles. The number of methoxy groups -OCH3 is 1. The maximum atomic E-state index is 12.7. The van der Waals surface area contributed by atoms with E-state index in [4.69, 9.17) is 18.9 Å². The van der Waals surface area contributed by atoms with Gasteiger partial charge in [0.15, 0.2) is 11.2 Å². The highest BCUT2D eigenvalue weighted by Gasteiger charge is 2.42. The molecule has 3 atom stereocenters. The number of benzene rings is 3. The Morgan fingerprint density at radius 3 is 2.37 bits per heavy atom. The lowest BCUT2D eigenvalue weighted by molar-refractivity contribution is -0.0930. The number of rotatable bonds is 11. The summed E-state index contributed by atoms with van der Waals surface area (Å²) in [7, 11) is 1.62. The number of nitrogens with zero attached hydrogens (tertiary/aromatic N) is 3. The molecule has 0 radical (unpaired) electrons.